The summed E-state index contributed by atoms with van der Waals surface area (Å²) in [6.07, 6.45) is 6.84. The van der Waals surface area contributed by atoms with E-state index in [1.165, 1.54) is 38.2 Å². The molecule has 0 heterocycles. The normalized spacial score (nSPS) is 38.7. The summed E-state index contributed by atoms with van der Waals surface area (Å²) in [5.74, 6) is 2.63. The fraction of sp³-hybridized carbons (Fsp3) is 0.667. The summed E-state index contributed by atoms with van der Waals surface area (Å²) in [5.41, 5.74) is 0.585. The van der Waals surface area contributed by atoms with E-state index in [-0.39, 0.29) is 6.04 Å². The Balaban J connectivity index is 1.47. The van der Waals surface area contributed by atoms with Gasteiger partial charge in [-0.25, -0.2) is 8.78 Å². The van der Waals surface area contributed by atoms with E-state index in [0.717, 1.165) is 29.7 Å². The van der Waals surface area contributed by atoms with Crippen LogP contribution < -0.4 is 5.32 Å². The quantitative estimate of drug-likeness (QED) is 0.868. The van der Waals surface area contributed by atoms with Gasteiger partial charge in [-0.2, -0.15) is 0 Å². The Labute approximate surface area is 125 Å². The van der Waals surface area contributed by atoms with Crippen molar-refractivity contribution in [2.75, 3.05) is 0 Å². The van der Waals surface area contributed by atoms with Gasteiger partial charge in [-0.15, -0.1) is 0 Å². The Kier molecular flexibility index (Phi) is 3.29. The lowest BCUT2D eigenvalue weighted by molar-refractivity contribution is 0.199. The number of benzene rings is 1. The lowest BCUT2D eigenvalue weighted by Gasteiger charge is -2.34. The van der Waals surface area contributed by atoms with Crippen molar-refractivity contribution in [1.29, 1.82) is 0 Å². The molecule has 3 aliphatic carbocycles. The SMILES string of the molecule is CC(NC1CC2CC1C1CCCC21)c1ccc(F)cc1F. The number of halogens is 2. The van der Waals surface area contributed by atoms with Gasteiger partial charge in [0.15, 0.2) is 0 Å². The summed E-state index contributed by atoms with van der Waals surface area (Å²) < 4.78 is 26.9. The van der Waals surface area contributed by atoms with Crippen LogP contribution in [0.4, 0.5) is 8.78 Å². The molecule has 4 rings (SSSR count). The number of fused-ring (bicyclic) bond motifs is 5. The second-order valence-corrected chi connectivity index (χ2v) is 7.31. The Hall–Kier alpha value is -0.960. The first-order valence-electron chi connectivity index (χ1n) is 8.34. The molecule has 0 saturated heterocycles. The van der Waals surface area contributed by atoms with Crippen molar-refractivity contribution in [1.82, 2.24) is 5.32 Å². The zero-order chi connectivity index (χ0) is 14.6. The Morgan fingerprint density at radius 1 is 1.10 bits per heavy atom. The van der Waals surface area contributed by atoms with E-state index >= 15 is 0 Å². The van der Waals surface area contributed by atoms with Crippen molar-refractivity contribution in [3.8, 4) is 0 Å². The van der Waals surface area contributed by atoms with Crippen LogP contribution in [0.2, 0.25) is 0 Å². The molecule has 0 aliphatic heterocycles. The molecule has 3 fully saturated rings. The number of nitrogens with one attached hydrogen (secondary N) is 1. The highest BCUT2D eigenvalue weighted by Crippen LogP contribution is 2.58. The standard InChI is InChI=1S/C18H23F2N/c1-10(13-6-5-12(19)9-17(13)20)21-18-8-11-7-16(18)15-4-2-3-14(11)15/h5-6,9-11,14-16,18,21H,2-4,7-8H2,1H3. The first kappa shape index (κ1) is 13.7. The van der Waals surface area contributed by atoms with Gasteiger partial charge in [-0.1, -0.05) is 12.5 Å². The van der Waals surface area contributed by atoms with Crippen LogP contribution in [0.3, 0.4) is 0 Å². The van der Waals surface area contributed by atoms with Crippen molar-refractivity contribution in [2.24, 2.45) is 23.7 Å². The predicted octanol–water partition coefficient (Wildman–Crippen LogP) is 4.44. The molecule has 1 N–H and O–H groups in total. The fourth-order valence-corrected chi connectivity index (χ4v) is 5.52. The Bertz CT molecular complexity index is 544. The van der Waals surface area contributed by atoms with Crippen LogP contribution in [-0.2, 0) is 0 Å². The van der Waals surface area contributed by atoms with Gasteiger partial charge in [0.2, 0.25) is 0 Å². The summed E-state index contributed by atoms with van der Waals surface area (Å²) in [4.78, 5) is 0. The molecule has 6 atom stereocenters. The zero-order valence-electron chi connectivity index (χ0n) is 12.5. The van der Waals surface area contributed by atoms with Crippen LogP contribution >= 0.6 is 0 Å². The molecule has 0 aromatic heterocycles. The third-order valence-corrected chi connectivity index (χ3v) is 6.32. The van der Waals surface area contributed by atoms with Gasteiger partial charge in [-0.05, 0) is 62.3 Å². The summed E-state index contributed by atoms with van der Waals surface area (Å²) in [5, 5.41) is 3.64. The lowest BCUT2D eigenvalue weighted by Crippen LogP contribution is -2.40. The van der Waals surface area contributed by atoms with Crippen LogP contribution in [0.5, 0.6) is 0 Å². The number of hydrogen-bond donors (Lipinski definition) is 1. The molecule has 3 heteroatoms. The Morgan fingerprint density at radius 2 is 1.90 bits per heavy atom. The average molecular weight is 291 g/mol. The van der Waals surface area contributed by atoms with E-state index in [1.807, 2.05) is 6.92 Å². The highest BCUT2D eigenvalue weighted by atomic mass is 19.1. The molecule has 1 aromatic carbocycles. The maximum atomic E-state index is 13.9. The average Bonchev–Trinajstić information content (AvgIpc) is 3.09. The van der Waals surface area contributed by atoms with Crippen LogP contribution in [0.1, 0.15) is 50.6 Å². The van der Waals surface area contributed by atoms with Crippen LogP contribution in [-0.4, -0.2) is 6.04 Å². The smallest absolute Gasteiger partial charge is 0.130 e. The summed E-state index contributed by atoms with van der Waals surface area (Å²) >= 11 is 0. The van der Waals surface area contributed by atoms with Crippen LogP contribution in [0.15, 0.2) is 18.2 Å². The van der Waals surface area contributed by atoms with Crippen molar-refractivity contribution in [2.45, 2.75) is 51.1 Å². The minimum Gasteiger partial charge on any atom is -0.307 e. The van der Waals surface area contributed by atoms with Crippen molar-refractivity contribution in [3.05, 3.63) is 35.4 Å². The molecule has 114 valence electrons. The zero-order valence-corrected chi connectivity index (χ0v) is 12.5. The monoisotopic (exact) mass is 291 g/mol. The summed E-state index contributed by atoms with van der Waals surface area (Å²) in [7, 11) is 0. The molecule has 21 heavy (non-hydrogen) atoms. The fourth-order valence-electron chi connectivity index (χ4n) is 5.52. The van der Waals surface area contributed by atoms with Crippen LogP contribution in [0.25, 0.3) is 0 Å². The van der Waals surface area contributed by atoms with E-state index in [2.05, 4.69) is 5.32 Å². The lowest BCUT2D eigenvalue weighted by atomic mass is 9.79. The van der Waals surface area contributed by atoms with E-state index in [4.69, 9.17) is 0 Å². The van der Waals surface area contributed by atoms with Crippen molar-refractivity contribution in [3.63, 3.8) is 0 Å². The third-order valence-electron chi connectivity index (χ3n) is 6.32. The largest absolute Gasteiger partial charge is 0.307 e. The highest BCUT2D eigenvalue weighted by molar-refractivity contribution is 5.22. The van der Waals surface area contributed by atoms with Gasteiger partial charge < -0.3 is 5.32 Å². The Morgan fingerprint density at radius 3 is 2.71 bits per heavy atom. The maximum absolute atomic E-state index is 13.9. The van der Waals surface area contributed by atoms with Crippen LogP contribution in [0, 0.1) is 35.3 Å². The molecule has 3 aliphatic rings. The van der Waals surface area contributed by atoms with Gasteiger partial charge in [0.1, 0.15) is 11.6 Å². The third kappa shape index (κ3) is 2.21. The van der Waals surface area contributed by atoms with E-state index in [1.54, 1.807) is 6.07 Å². The van der Waals surface area contributed by atoms with Crippen molar-refractivity contribution >= 4 is 0 Å². The number of rotatable bonds is 3. The topological polar surface area (TPSA) is 12.0 Å². The van der Waals surface area contributed by atoms with Gasteiger partial charge in [-0.3, -0.25) is 0 Å². The highest BCUT2D eigenvalue weighted by Gasteiger charge is 2.53. The number of hydrogen-bond acceptors (Lipinski definition) is 1. The molecule has 3 saturated carbocycles. The molecule has 0 amide bonds. The molecule has 0 radical (unpaired) electrons. The van der Waals surface area contributed by atoms with Gasteiger partial charge in [0.25, 0.3) is 0 Å². The molecule has 0 spiro atoms. The van der Waals surface area contributed by atoms with Gasteiger partial charge >= 0.3 is 0 Å². The molecular weight excluding hydrogens is 268 g/mol. The second kappa shape index (κ2) is 5.05. The van der Waals surface area contributed by atoms with E-state index < -0.39 is 11.6 Å². The summed E-state index contributed by atoms with van der Waals surface area (Å²) in [6.45, 7) is 1.99. The first-order chi connectivity index (χ1) is 10.1. The molecule has 1 aromatic rings. The van der Waals surface area contributed by atoms with Gasteiger partial charge in [0, 0.05) is 23.7 Å². The minimum absolute atomic E-state index is 0.0465. The van der Waals surface area contributed by atoms with Gasteiger partial charge in [0.05, 0.1) is 0 Å². The molecule has 6 unspecified atom stereocenters. The second-order valence-electron chi connectivity index (χ2n) is 7.31. The summed E-state index contributed by atoms with van der Waals surface area (Å²) in [6, 6.07) is 4.39. The molecule has 2 bridgehead atoms. The van der Waals surface area contributed by atoms with Crippen molar-refractivity contribution < 1.29 is 8.78 Å². The molecule has 1 nitrogen and oxygen atoms in total. The molecular formula is C18H23F2N. The maximum Gasteiger partial charge on any atom is 0.130 e. The van der Waals surface area contributed by atoms with E-state index in [9.17, 15) is 8.78 Å². The minimum atomic E-state index is -0.503. The predicted molar refractivity (Wildman–Crippen MR) is 78.7 cm³/mol. The first-order valence-corrected chi connectivity index (χ1v) is 8.34. The van der Waals surface area contributed by atoms with E-state index in [0.29, 0.717) is 11.6 Å².